The van der Waals surface area contributed by atoms with Gasteiger partial charge in [-0.25, -0.2) is 0 Å². The maximum Gasteiger partial charge on any atom is 0.266 e. The molecule has 1 amide bonds. The van der Waals surface area contributed by atoms with Crippen LogP contribution < -0.4 is 14.6 Å². The molecule has 0 atom stereocenters. The Morgan fingerprint density at radius 3 is 2.88 bits per heavy atom. The van der Waals surface area contributed by atoms with E-state index in [0.29, 0.717) is 46.5 Å². The van der Waals surface area contributed by atoms with Crippen LogP contribution in [-0.2, 0) is 9.59 Å². The molecule has 0 radical (unpaired) electrons. The summed E-state index contributed by atoms with van der Waals surface area (Å²) < 4.78 is 11.1. The van der Waals surface area contributed by atoms with Crippen LogP contribution in [0.15, 0.2) is 23.1 Å². The standard InChI is InChI=1S/C17H17NO5S2/c19-15(20)4-2-1-3-7-18-16(21)14(25-17(18)24)9-11-5-6-12-13(8-11)23-10-22-12/h5-6,8-9H,1-4,7,10H2,(H,19,20)/p-1. The third-order valence-electron chi connectivity index (χ3n) is 3.83. The maximum absolute atomic E-state index is 12.5. The van der Waals surface area contributed by atoms with Crippen molar-refractivity contribution in [1.82, 2.24) is 4.90 Å². The zero-order valence-corrected chi connectivity index (χ0v) is 15.0. The van der Waals surface area contributed by atoms with E-state index >= 15 is 0 Å². The molecule has 2 heterocycles. The van der Waals surface area contributed by atoms with Crippen LogP contribution >= 0.6 is 24.0 Å². The number of benzene rings is 1. The van der Waals surface area contributed by atoms with Gasteiger partial charge in [0.05, 0.1) is 4.91 Å². The molecule has 1 aromatic rings. The number of fused-ring (bicyclic) bond motifs is 1. The summed E-state index contributed by atoms with van der Waals surface area (Å²) in [4.78, 5) is 25.0. The van der Waals surface area contributed by atoms with Crippen molar-refractivity contribution in [2.75, 3.05) is 13.3 Å². The molecule has 6 nitrogen and oxygen atoms in total. The highest BCUT2D eigenvalue weighted by Crippen LogP contribution is 2.36. The number of unbranched alkanes of at least 4 members (excludes halogenated alkanes) is 2. The number of carbonyl (C=O) groups excluding carboxylic acids is 2. The maximum atomic E-state index is 12.5. The number of carboxylic acids is 1. The molecule has 1 aromatic carbocycles. The highest BCUT2D eigenvalue weighted by atomic mass is 32.2. The van der Waals surface area contributed by atoms with Crippen molar-refractivity contribution in [3.8, 4) is 11.5 Å². The number of nitrogens with zero attached hydrogens (tertiary/aromatic N) is 1. The van der Waals surface area contributed by atoms with E-state index in [2.05, 4.69) is 0 Å². The molecule has 0 spiro atoms. The Kier molecular flexibility index (Phi) is 5.60. The Bertz CT molecular complexity index is 747. The summed E-state index contributed by atoms with van der Waals surface area (Å²) in [5.74, 6) is 0.197. The number of thiocarbonyl (C=S) groups is 1. The smallest absolute Gasteiger partial charge is 0.266 e. The summed E-state index contributed by atoms with van der Waals surface area (Å²) in [6.07, 6.45) is 3.80. The fourth-order valence-electron chi connectivity index (χ4n) is 2.56. The van der Waals surface area contributed by atoms with Gasteiger partial charge in [0, 0.05) is 12.5 Å². The predicted octanol–water partition coefficient (Wildman–Crippen LogP) is 1.93. The van der Waals surface area contributed by atoms with Crippen molar-refractivity contribution >= 4 is 46.3 Å². The van der Waals surface area contributed by atoms with E-state index in [1.165, 1.54) is 11.8 Å². The monoisotopic (exact) mass is 378 g/mol. The van der Waals surface area contributed by atoms with Crippen molar-refractivity contribution < 1.29 is 24.2 Å². The lowest BCUT2D eigenvalue weighted by molar-refractivity contribution is -0.305. The molecule has 2 aliphatic heterocycles. The number of amides is 1. The lowest BCUT2D eigenvalue weighted by Gasteiger charge is -2.14. The van der Waals surface area contributed by atoms with Crippen molar-refractivity contribution in [3.05, 3.63) is 28.7 Å². The first-order chi connectivity index (χ1) is 12.0. The molecule has 2 aliphatic rings. The Morgan fingerprint density at radius 2 is 2.08 bits per heavy atom. The summed E-state index contributed by atoms with van der Waals surface area (Å²) in [5, 5.41) is 10.4. The molecular formula is C17H16NO5S2-. The Labute approximate surface area is 154 Å². The molecule has 1 saturated heterocycles. The quantitative estimate of drug-likeness (QED) is 0.407. The summed E-state index contributed by atoms with van der Waals surface area (Å²) in [7, 11) is 0. The van der Waals surface area contributed by atoms with Crippen LogP contribution in [0.3, 0.4) is 0 Å². The van der Waals surface area contributed by atoms with Crippen LogP contribution in [0.2, 0.25) is 0 Å². The molecule has 0 aromatic heterocycles. The minimum atomic E-state index is -1.04. The van der Waals surface area contributed by atoms with Crippen LogP contribution in [0, 0.1) is 0 Å². The van der Waals surface area contributed by atoms with Crippen LogP contribution in [0.25, 0.3) is 6.08 Å². The third-order valence-corrected chi connectivity index (χ3v) is 5.21. The van der Waals surface area contributed by atoms with E-state index in [1.807, 2.05) is 18.2 Å². The Hall–Kier alpha value is -2.06. The van der Waals surface area contributed by atoms with E-state index in [1.54, 1.807) is 11.0 Å². The van der Waals surface area contributed by atoms with Gasteiger partial charge in [-0.15, -0.1) is 0 Å². The third kappa shape index (κ3) is 4.32. The Balaban J connectivity index is 1.60. The summed E-state index contributed by atoms with van der Waals surface area (Å²) in [6.45, 7) is 0.703. The van der Waals surface area contributed by atoms with Gasteiger partial charge in [-0.3, -0.25) is 9.69 Å². The number of thioether (sulfide) groups is 1. The minimum absolute atomic E-state index is 0.0441. The lowest BCUT2D eigenvalue weighted by atomic mass is 10.1. The fourth-order valence-corrected chi connectivity index (χ4v) is 3.87. The normalized spacial score (nSPS) is 17.6. The van der Waals surface area contributed by atoms with Gasteiger partial charge in [0.15, 0.2) is 11.5 Å². The van der Waals surface area contributed by atoms with Crippen molar-refractivity contribution in [2.24, 2.45) is 0 Å². The van der Waals surface area contributed by atoms with E-state index < -0.39 is 5.97 Å². The van der Waals surface area contributed by atoms with E-state index in [9.17, 15) is 14.7 Å². The topological polar surface area (TPSA) is 78.9 Å². The number of ether oxygens (including phenoxy) is 2. The van der Waals surface area contributed by atoms with Gasteiger partial charge < -0.3 is 19.4 Å². The summed E-state index contributed by atoms with van der Waals surface area (Å²) in [6, 6.07) is 5.50. The number of rotatable bonds is 7. The van der Waals surface area contributed by atoms with Gasteiger partial charge >= 0.3 is 0 Å². The highest BCUT2D eigenvalue weighted by Gasteiger charge is 2.31. The zero-order chi connectivity index (χ0) is 17.8. The first-order valence-corrected chi connectivity index (χ1v) is 9.12. The molecular weight excluding hydrogens is 362 g/mol. The van der Waals surface area contributed by atoms with Gasteiger partial charge in [-0.2, -0.15) is 0 Å². The van der Waals surface area contributed by atoms with Crippen LogP contribution in [0.1, 0.15) is 31.2 Å². The van der Waals surface area contributed by atoms with Crippen LogP contribution in [0.4, 0.5) is 0 Å². The van der Waals surface area contributed by atoms with Crippen molar-refractivity contribution in [2.45, 2.75) is 25.7 Å². The molecule has 25 heavy (non-hydrogen) atoms. The second-order valence-corrected chi connectivity index (χ2v) is 7.30. The van der Waals surface area contributed by atoms with Crippen molar-refractivity contribution in [3.63, 3.8) is 0 Å². The molecule has 132 valence electrons. The average molecular weight is 378 g/mol. The Morgan fingerprint density at radius 1 is 1.28 bits per heavy atom. The van der Waals surface area contributed by atoms with Gasteiger partial charge in [0.25, 0.3) is 5.91 Å². The van der Waals surface area contributed by atoms with E-state index in [4.69, 9.17) is 21.7 Å². The lowest BCUT2D eigenvalue weighted by Crippen LogP contribution is -2.29. The van der Waals surface area contributed by atoms with E-state index in [0.717, 1.165) is 5.56 Å². The second-order valence-electron chi connectivity index (χ2n) is 5.63. The summed E-state index contributed by atoms with van der Waals surface area (Å²) >= 11 is 6.56. The number of carboxylic acid groups (broad SMARTS) is 1. The average Bonchev–Trinajstić information content (AvgIpc) is 3.13. The predicted molar refractivity (Wildman–Crippen MR) is 95.9 cm³/mol. The van der Waals surface area contributed by atoms with E-state index in [-0.39, 0.29) is 19.1 Å². The molecule has 0 N–H and O–H groups in total. The summed E-state index contributed by atoms with van der Waals surface area (Å²) in [5.41, 5.74) is 0.846. The van der Waals surface area contributed by atoms with Gasteiger partial charge in [0.1, 0.15) is 4.32 Å². The second kappa shape index (κ2) is 7.88. The molecule has 0 saturated carbocycles. The number of hydrogen-bond acceptors (Lipinski definition) is 7. The largest absolute Gasteiger partial charge is 0.550 e. The molecule has 8 heteroatoms. The fraction of sp³-hybridized carbons (Fsp3) is 0.353. The van der Waals surface area contributed by atoms with Crippen LogP contribution in [-0.4, -0.2) is 34.4 Å². The first-order valence-electron chi connectivity index (χ1n) is 7.89. The zero-order valence-electron chi connectivity index (χ0n) is 13.4. The van der Waals surface area contributed by atoms with Gasteiger partial charge in [0.2, 0.25) is 6.79 Å². The molecule has 0 aliphatic carbocycles. The first kappa shape index (κ1) is 17.8. The molecule has 0 unspecified atom stereocenters. The molecule has 0 bridgehead atoms. The highest BCUT2D eigenvalue weighted by molar-refractivity contribution is 8.26. The van der Waals surface area contributed by atoms with Gasteiger partial charge in [-0.05, 0) is 43.0 Å². The number of aliphatic carboxylic acids is 1. The van der Waals surface area contributed by atoms with Crippen LogP contribution in [0.5, 0.6) is 11.5 Å². The molecule has 1 fully saturated rings. The molecule has 3 rings (SSSR count). The number of hydrogen-bond donors (Lipinski definition) is 0. The minimum Gasteiger partial charge on any atom is -0.550 e. The SMILES string of the molecule is O=C([O-])CCCCCN1C(=O)C(=Cc2ccc3c(c2)OCO3)SC1=S. The van der Waals surface area contributed by atoms with Crippen molar-refractivity contribution in [1.29, 1.82) is 0 Å². The number of carbonyl (C=O) groups is 2. The van der Waals surface area contributed by atoms with Gasteiger partial charge in [-0.1, -0.05) is 36.5 Å².